The van der Waals surface area contributed by atoms with Gasteiger partial charge in [0.05, 0.1) is 26.2 Å². The van der Waals surface area contributed by atoms with E-state index in [9.17, 15) is 14.9 Å². The second kappa shape index (κ2) is 9.99. The van der Waals surface area contributed by atoms with Crippen LogP contribution >= 0.6 is 11.8 Å². The fraction of sp³-hybridized carbons (Fsp3) is 0.0741. The van der Waals surface area contributed by atoms with Gasteiger partial charge in [-0.15, -0.1) is 5.10 Å². The van der Waals surface area contributed by atoms with E-state index in [-0.39, 0.29) is 11.2 Å². The molecule has 0 aliphatic rings. The standard InChI is InChI=1S/C27H20N8O3S/c1-33-26(36)18-8-2-3-9-19(18)29-27(33)39-23-14-13-17(16-22(23)35(37)38)25(30-24-12-6-7-15-28-24)34-21-11-5-4-10-20(21)31-32-34/h2-16,25H,1H3,(H,28,30)/t25-/m0/s1. The van der Waals surface area contributed by atoms with Crippen LogP contribution in [0, 0.1) is 10.1 Å². The van der Waals surface area contributed by atoms with Crippen molar-refractivity contribution in [1.82, 2.24) is 29.5 Å². The zero-order chi connectivity index (χ0) is 26.9. The van der Waals surface area contributed by atoms with Crippen LogP contribution in [-0.2, 0) is 7.05 Å². The van der Waals surface area contributed by atoms with Crippen molar-refractivity contribution in [2.24, 2.45) is 7.05 Å². The quantitative estimate of drug-likeness (QED) is 0.174. The number of rotatable bonds is 7. The molecule has 12 heteroatoms. The molecule has 0 fully saturated rings. The molecule has 3 aromatic heterocycles. The lowest BCUT2D eigenvalue weighted by atomic mass is 10.1. The highest BCUT2D eigenvalue weighted by atomic mass is 32.2. The number of nitro groups is 1. The van der Waals surface area contributed by atoms with Crippen LogP contribution in [0.5, 0.6) is 0 Å². The Morgan fingerprint density at radius 2 is 1.74 bits per heavy atom. The SMILES string of the molecule is Cn1c(Sc2ccc([C@@H](Nc3ccccn3)n3nnc4ccccc43)cc2[N+](=O)[O-])nc2ccccc2c1=O. The minimum absolute atomic E-state index is 0.128. The molecule has 6 aromatic rings. The van der Waals surface area contributed by atoms with Crippen LogP contribution in [0.15, 0.2) is 106 Å². The number of hydrogen-bond acceptors (Lipinski definition) is 9. The minimum Gasteiger partial charge on any atom is -0.345 e. The number of aromatic nitrogens is 6. The van der Waals surface area contributed by atoms with Crippen molar-refractivity contribution in [2.45, 2.75) is 16.2 Å². The first-order chi connectivity index (χ1) is 19.0. The van der Waals surface area contributed by atoms with E-state index in [1.165, 1.54) is 10.6 Å². The van der Waals surface area contributed by atoms with Gasteiger partial charge in [-0.3, -0.25) is 19.5 Å². The molecule has 0 unspecified atom stereocenters. The number of benzene rings is 3. The van der Waals surface area contributed by atoms with Crippen LogP contribution in [0.3, 0.4) is 0 Å². The van der Waals surface area contributed by atoms with E-state index >= 15 is 0 Å². The molecular formula is C27H20N8O3S. The number of fused-ring (bicyclic) bond motifs is 2. The summed E-state index contributed by atoms with van der Waals surface area (Å²) in [4.78, 5) is 33.9. The summed E-state index contributed by atoms with van der Waals surface area (Å²) in [5.74, 6) is 0.568. The van der Waals surface area contributed by atoms with Crippen LogP contribution in [0.1, 0.15) is 11.7 Å². The zero-order valence-electron chi connectivity index (χ0n) is 20.5. The molecule has 3 aromatic carbocycles. The summed E-state index contributed by atoms with van der Waals surface area (Å²) >= 11 is 1.07. The van der Waals surface area contributed by atoms with Gasteiger partial charge in [-0.2, -0.15) is 0 Å². The predicted molar refractivity (Wildman–Crippen MR) is 148 cm³/mol. The predicted octanol–water partition coefficient (Wildman–Crippen LogP) is 4.79. The lowest BCUT2D eigenvalue weighted by Gasteiger charge is -2.21. The molecule has 0 aliphatic carbocycles. The topological polar surface area (TPSA) is 134 Å². The van der Waals surface area contributed by atoms with Crippen LogP contribution in [0.2, 0.25) is 0 Å². The first-order valence-electron chi connectivity index (χ1n) is 11.9. The fourth-order valence-electron chi connectivity index (χ4n) is 4.27. The number of anilines is 1. The molecule has 1 N–H and O–H groups in total. The summed E-state index contributed by atoms with van der Waals surface area (Å²) in [5, 5.41) is 25.0. The van der Waals surface area contributed by atoms with Gasteiger partial charge in [0.25, 0.3) is 11.2 Å². The van der Waals surface area contributed by atoms with Gasteiger partial charge in [-0.25, -0.2) is 14.6 Å². The van der Waals surface area contributed by atoms with E-state index < -0.39 is 11.1 Å². The zero-order valence-corrected chi connectivity index (χ0v) is 21.3. The van der Waals surface area contributed by atoms with Gasteiger partial charge in [0.15, 0.2) is 5.16 Å². The van der Waals surface area contributed by atoms with Crippen LogP contribution in [-0.4, -0.2) is 34.5 Å². The number of hydrogen-bond donors (Lipinski definition) is 1. The third-order valence-electron chi connectivity index (χ3n) is 6.21. The normalized spacial score (nSPS) is 12.0. The Bertz CT molecular complexity index is 1910. The molecular weight excluding hydrogens is 516 g/mol. The van der Waals surface area contributed by atoms with E-state index in [2.05, 4.69) is 25.6 Å². The van der Waals surface area contributed by atoms with E-state index in [1.807, 2.05) is 30.3 Å². The Morgan fingerprint density at radius 3 is 2.54 bits per heavy atom. The smallest absolute Gasteiger partial charge is 0.283 e. The summed E-state index contributed by atoms with van der Waals surface area (Å²) in [5.41, 5.74) is 2.20. The highest BCUT2D eigenvalue weighted by Crippen LogP contribution is 2.36. The molecule has 0 saturated heterocycles. The van der Waals surface area contributed by atoms with E-state index in [4.69, 9.17) is 0 Å². The average Bonchev–Trinajstić information content (AvgIpc) is 3.39. The van der Waals surface area contributed by atoms with Gasteiger partial charge >= 0.3 is 0 Å². The van der Waals surface area contributed by atoms with E-state index in [0.717, 1.165) is 17.3 Å². The second-order valence-corrected chi connectivity index (χ2v) is 9.66. The van der Waals surface area contributed by atoms with Crippen molar-refractivity contribution >= 4 is 45.2 Å². The van der Waals surface area contributed by atoms with Crippen molar-refractivity contribution in [3.63, 3.8) is 0 Å². The number of nitrogens with one attached hydrogen (secondary N) is 1. The summed E-state index contributed by atoms with van der Waals surface area (Å²) in [6.45, 7) is 0. The third-order valence-corrected chi connectivity index (χ3v) is 7.32. The third kappa shape index (κ3) is 4.57. The lowest BCUT2D eigenvalue weighted by Crippen LogP contribution is -2.22. The monoisotopic (exact) mass is 536 g/mol. The first kappa shape index (κ1) is 24.2. The highest BCUT2D eigenvalue weighted by Gasteiger charge is 2.24. The largest absolute Gasteiger partial charge is 0.345 e. The molecule has 0 bridgehead atoms. The first-order valence-corrected chi connectivity index (χ1v) is 12.7. The fourth-order valence-corrected chi connectivity index (χ4v) is 5.21. The summed E-state index contributed by atoms with van der Waals surface area (Å²) in [7, 11) is 1.60. The van der Waals surface area contributed by atoms with Crippen molar-refractivity contribution in [3.8, 4) is 0 Å². The van der Waals surface area contributed by atoms with Gasteiger partial charge in [0.1, 0.15) is 17.5 Å². The molecule has 11 nitrogen and oxygen atoms in total. The maximum absolute atomic E-state index is 12.9. The molecule has 1 atom stereocenters. The number of nitrogens with zero attached hydrogens (tertiary/aromatic N) is 7. The van der Waals surface area contributed by atoms with Crippen LogP contribution < -0.4 is 10.9 Å². The number of pyridine rings is 1. The Kier molecular flexibility index (Phi) is 6.21. The molecule has 0 spiro atoms. The molecule has 6 rings (SSSR count). The maximum atomic E-state index is 12.9. The van der Waals surface area contributed by atoms with Crippen molar-refractivity contribution in [1.29, 1.82) is 0 Å². The van der Waals surface area contributed by atoms with Gasteiger partial charge in [0, 0.05) is 24.9 Å². The van der Waals surface area contributed by atoms with Gasteiger partial charge in [0.2, 0.25) is 0 Å². The average molecular weight is 537 g/mol. The second-order valence-electron chi connectivity index (χ2n) is 8.65. The molecule has 192 valence electrons. The Hall–Kier alpha value is -5.10. The van der Waals surface area contributed by atoms with Gasteiger partial charge in [-0.05, 0) is 54.2 Å². The molecule has 0 saturated carbocycles. The van der Waals surface area contributed by atoms with E-state index in [0.29, 0.717) is 37.9 Å². The van der Waals surface area contributed by atoms with Gasteiger partial charge < -0.3 is 5.32 Å². The van der Waals surface area contributed by atoms with Crippen molar-refractivity contribution in [2.75, 3.05) is 5.32 Å². The maximum Gasteiger partial charge on any atom is 0.283 e. The Balaban J connectivity index is 1.45. The molecule has 3 heterocycles. The molecule has 0 amide bonds. The summed E-state index contributed by atoms with van der Waals surface area (Å²) in [6.07, 6.45) is 1.01. The molecule has 0 radical (unpaired) electrons. The highest BCUT2D eigenvalue weighted by molar-refractivity contribution is 7.99. The molecule has 39 heavy (non-hydrogen) atoms. The van der Waals surface area contributed by atoms with Crippen LogP contribution in [0.4, 0.5) is 11.5 Å². The van der Waals surface area contributed by atoms with Crippen molar-refractivity contribution < 1.29 is 4.92 Å². The van der Waals surface area contributed by atoms with Gasteiger partial charge in [-0.1, -0.05) is 41.6 Å². The summed E-state index contributed by atoms with van der Waals surface area (Å²) in [6, 6.07) is 24.9. The number of para-hydroxylation sites is 2. The molecule has 0 aliphatic heterocycles. The summed E-state index contributed by atoms with van der Waals surface area (Å²) < 4.78 is 3.07. The van der Waals surface area contributed by atoms with Crippen molar-refractivity contribution in [3.05, 3.63) is 117 Å². The lowest BCUT2D eigenvalue weighted by molar-refractivity contribution is -0.387. The Labute approximate surface area is 225 Å². The van der Waals surface area contributed by atoms with E-state index in [1.54, 1.807) is 66.5 Å². The Morgan fingerprint density at radius 1 is 0.974 bits per heavy atom. The number of nitro benzene ring substituents is 1. The van der Waals surface area contributed by atoms with Crippen LogP contribution in [0.25, 0.3) is 21.9 Å². The minimum atomic E-state index is -0.645.